The molecule has 0 saturated heterocycles. The molecular weight excluding hydrogens is 210 g/mol. The molecule has 1 N–H and O–H groups in total. The Hall–Kier alpha value is -0.0800. The summed E-state index contributed by atoms with van der Waals surface area (Å²) in [7, 11) is 1.80. The highest BCUT2D eigenvalue weighted by atomic mass is 16.5. The SMILES string of the molecule is COC(C)(C)CCNCCC1CCCC(C)C1. The van der Waals surface area contributed by atoms with E-state index in [4.69, 9.17) is 4.74 Å². The zero-order valence-electron chi connectivity index (χ0n) is 12.2. The van der Waals surface area contributed by atoms with Crippen molar-refractivity contribution < 1.29 is 4.74 Å². The zero-order valence-corrected chi connectivity index (χ0v) is 12.2. The van der Waals surface area contributed by atoms with Crippen molar-refractivity contribution >= 4 is 0 Å². The molecule has 1 fully saturated rings. The molecule has 0 aromatic heterocycles. The van der Waals surface area contributed by atoms with Crippen LogP contribution >= 0.6 is 0 Å². The van der Waals surface area contributed by atoms with E-state index in [9.17, 15) is 0 Å². The lowest BCUT2D eigenvalue weighted by molar-refractivity contribution is 0.0158. The van der Waals surface area contributed by atoms with Gasteiger partial charge in [-0.15, -0.1) is 0 Å². The minimum absolute atomic E-state index is 0.0202. The summed E-state index contributed by atoms with van der Waals surface area (Å²) in [6, 6.07) is 0. The van der Waals surface area contributed by atoms with E-state index in [2.05, 4.69) is 26.1 Å². The van der Waals surface area contributed by atoms with Crippen LogP contribution in [0, 0.1) is 11.8 Å². The highest BCUT2D eigenvalue weighted by molar-refractivity contribution is 4.72. The van der Waals surface area contributed by atoms with Gasteiger partial charge in [0.1, 0.15) is 0 Å². The van der Waals surface area contributed by atoms with Gasteiger partial charge in [0.25, 0.3) is 0 Å². The first kappa shape index (κ1) is 15.0. The fourth-order valence-corrected chi connectivity index (χ4v) is 2.74. The van der Waals surface area contributed by atoms with Gasteiger partial charge in [-0.05, 0) is 58.0 Å². The minimum atomic E-state index is 0.0202. The third-order valence-electron chi connectivity index (χ3n) is 4.23. The Balaban J connectivity index is 2.00. The Morgan fingerprint density at radius 2 is 2.00 bits per heavy atom. The van der Waals surface area contributed by atoms with Crippen LogP contribution in [0.3, 0.4) is 0 Å². The van der Waals surface area contributed by atoms with Gasteiger partial charge in [0.05, 0.1) is 5.60 Å². The van der Waals surface area contributed by atoms with Crippen molar-refractivity contribution in [2.24, 2.45) is 11.8 Å². The fraction of sp³-hybridized carbons (Fsp3) is 1.00. The van der Waals surface area contributed by atoms with Gasteiger partial charge in [-0.1, -0.05) is 26.2 Å². The Labute approximate surface area is 108 Å². The van der Waals surface area contributed by atoms with Crippen molar-refractivity contribution in [2.45, 2.75) is 64.9 Å². The Bertz CT molecular complexity index is 203. The summed E-state index contributed by atoms with van der Waals surface area (Å²) < 4.78 is 5.41. The van der Waals surface area contributed by atoms with Crippen LogP contribution in [0.4, 0.5) is 0 Å². The van der Waals surface area contributed by atoms with Crippen molar-refractivity contribution in [3.05, 3.63) is 0 Å². The molecule has 1 rings (SSSR count). The van der Waals surface area contributed by atoms with Crippen molar-refractivity contribution in [3.63, 3.8) is 0 Å². The van der Waals surface area contributed by atoms with E-state index in [0.717, 1.165) is 24.8 Å². The molecule has 0 aromatic rings. The average Bonchev–Trinajstić information content (AvgIpc) is 2.29. The molecule has 1 aliphatic carbocycles. The summed E-state index contributed by atoms with van der Waals surface area (Å²) >= 11 is 0. The molecule has 0 radical (unpaired) electrons. The summed E-state index contributed by atoms with van der Waals surface area (Å²) in [5, 5.41) is 3.56. The topological polar surface area (TPSA) is 21.3 Å². The van der Waals surface area contributed by atoms with Crippen LogP contribution in [0.25, 0.3) is 0 Å². The van der Waals surface area contributed by atoms with Gasteiger partial charge in [0, 0.05) is 7.11 Å². The molecule has 0 bridgehead atoms. The van der Waals surface area contributed by atoms with Crippen molar-refractivity contribution in [1.29, 1.82) is 0 Å². The fourth-order valence-electron chi connectivity index (χ4n) is 2.74. The molecule has 1 saturated carbocycles. The second-order valence-corrected chi connectivity index (χ2v) is 6.39. The molecule has 0 amide bonds. The van der Waals surface area contributed by atoms with E-state index < -0.39 is 0 Å². The molecule has 0 heterocycles. The lowest BCUT2D eigenvalue weighted by Crippen LogP contribution is -2.30. The Morgan fingerprint density at radius 1 is 1.24 bits per heavy atom. The van der Waals surface area contributed by atoms with E-state index in [0.29, 0.717) is 0 Å². The monoisotopic (exact) mass is 241 g/mol. The number of hydrogen-bond acceptors (Lipinski definition) is 2. The van der Waals surface area contributed by atoms with Crippen LogP contribution in [0.15, 0.2) is 0 Å². The molecule has 17 heavy (non-hydrogen) atoms. The predicted octanol–water partition coefficient (Wildman–Crippen LogP) is 3.61. The maximum Gasteiger partial charge on any atom is 0.0634 e. The second kappa shape index (κ2) is 7.38. The summed E-state index contributed by atoms with van der Waals surface area (Å²) in [6.45, 7) is 8.95. The molecule has 2 unspecified atom stereocenters. The van der Waals surface area contributed by atoms with Gasteiger partial charge in [0.15, 0.2) is 0 Å². The summed E-state index contributed by atoms with van der Waals surface area (Å²) in [5.41, 5.74) is 0.0202. The average molecular weight is 241 g/mol. The molecule has 0 spiro atoms. The van der Waals surface area contributed by atoms with Crippen LogP contribution in [-0.2, 0) is 4.74 Å². The largest absolute Gasteiger partial charge is 0.379 e. The van der Waals surface area contributed by atoms with E-state index in [-0.39, 0.29) is 5.60 Å². The zero-order chi connectivity index (χ0) is 12.7. The van der Waals surface area contributed by atoms with Crippen LogP contribution < -0.4 is 5.32 Å². The van der Waals surface area contributed by atoms with E-state index in [1.807, 2.05) is 0 Å². The quantitative estimate of drug-likeness (QED) is 0.688. The highest BCUT2D eigenvalue weighted by Crippen LogP contribution is 2.30. The number of ether oxygens (including phenoxy) is 1. The molecule has 0 aromatic carbocycles. The molecule has 2 heteroatoms. The van der Waals surface area contributed by atoms with Gasteiger partial charge in [-0.3, -0.25) is 0 Å². The molecule has 0 aliphatic heterocycles. The predicted molar refractivity (Wildman–Crippen MR) is 74.3 cm³/mol. The highest BCUT2D eigenvalue weighted by Gasteiger charge is 2.18. The van der Waals surface area contributed by atoms with Gasteiger partial charge in [-0.2, -0.15) is 0 Å². The van der Waals surface area contributed by atoms with Crippen LogP contribution in [0.5, 0.6) is 0 Å². The summed E-state index contributed by atoms with van der Waals surface area (Å²) in [4.78, 5) is 0. The minimum Gasteiger partial charge on any atom is -0.379 e. The van der Waals surface area contributed by atoms with Gasteiger partial charge >= 0.3 is 0 Å². The summed E-state index contributed by atoms with van der Waals surface area (Å²) in [6.07, 6.45) is 8.25. The van der Waals surface area contributed by atoms with E-state index in [1.54, 1.807) is 7.11 Å². The van der Waals surface area contributed by atoms with Gasteiger partial charge in [0.2, 0.25) is 0 Å². The van der Waals surface area contributed by atoms with E-state index in [1.165, 1.54) is 38.6 Å². The van der Waals surface area contributed by atoms with Crippen molar-refractivity contribution in [2.75, 3.05) is 20.2 Å². The number of methoxy groups -OCH3 is 1. The number of nitrogens with one attached hydrogen (secondary N) is 1. The first-order valence-corrected chi connectivity index (χ1v) is 7.29. The first-order chi connectivity index (χ1) is 8.03. The first-order valence-electron chi connectivity index (χ1n) is 7.29. The lowest BCUT2D eigenvalue weighted by atomic mass is 9.81. The maximum absolute atomic E-state index is 5.41. The van der Waals surface area contributed by atoms with Crippen LogP contribution in [0.2, 0.25) is 0 Å². The molecular formula is C15H31NO. The lowest BCUT2D eigenvalue weighted by Gasteiger charge is -2.27. The number of rotatable bonds is 7. The third kappa shape index (κ3) is 6.42. The van der Waals surface area contributed by atoms with Crippen LogP contribution in [-0.4, -0.2) is 25.8 Å². The molecule has 102 valence electrons. The number of hydrogen-bond donors (Lipinski definition) is 1. The van der Waals surface area contributed by atoms with Crippen molar-refractivity contribution in [1.82, 2.24) is 5.32 Å². The van der Waals surface area contributed by atoms with E-state index >= 15 is 0 Å². The molecule has 1 aliphatic rings. The van der Waals surface area contributed by atoms with Crippen molar-refractivity contribution in [3.8, 4) is 0 Å². The standard InChI is InChI=1S/C15H31NO/c1-13-6-5-7-14(12-13)8-10-16-11-9-15(2,3)17-4/h13-14,16H,5-12H2,1-4H3. The van der Waals surface area contributed by atoms with Crippen LogP contribution in [0.1, 0.15) is 59.3 Å². The van der Waals surface area contributed by atoms with Gasteiger partial charge in [-0.25, -0.2) is 0 Å². The normalized spacial score (nSPS) is 26.1. The van der Waals surface area contributed by atoms with Gasteiger partial charge < -0.3 is 10.1 Å². The Kier molecular flexibility index (Phi) is 6.50. The Morgan fingerprint density at radius 3 is 2.65 bits per heavy atom. The molecule has 2 atom stereocenters. The third-order valence-corrected chi connectivity index (χ3v) is 4.23. The second-order valence-electron chi connectivity index (χ2n) is 6.39. The molecule has 2 nitrogen and oxygen atoms in total. The maximum atomic E-state index is 5.41. The smallest absolute Gasteiger partial charge is 0.0634 e. The summed E-state index contributed by atoms with van der Waals surface area (Å²) in [5.74, 6) is 1.93.